The topological polar surface area (TPSA) is 127 Å². The number of aliphatic carboxylic acids is 2. The Labute approximate surface area is 110 Å². The average Bonchev–Trinajstić information content (AvgIpc) is 2.24. The van der Waals surface area contributed by atoms with E-state index in [1.807, 2.05) is 0 Å². The second kappa shape index (κ2) is 6.37. The number of hydrogen-bond acceptors (Lipinski definition) is 4. The molecule has 19 heavy (non-hydrogen) atoms. The highest BCUT2D eigenvalue weighted by Crippen LogP contribution is 2.27. The van der Waals surface area contributed by atoms with Crippen molar-refractivity contribution in [3.8, 4) is 0 Å². The summed E-state index contributed by atoms with van der Waals surface area (Å²) in [6.45, 7) is 0.405. The molecule has 0 spiro atoms. The quantitative estimate of drug-likeness (QED) is 0.508. The summed E-state index contributed by atoms with van der Waals surface area (Å²) >= 11 is 0. The van der Waals surface area contributed by atoms with Crippen LogP contribution in [0.15, 0.2) is 0 Å². The number of carboxylic acid groups (broad SMARTS) is 2. The van der Waals surface area contributed by atoms with Crippen molar-refractivity contribution in [1.29, 1.82) is 0 Å². The van der Waals surface area contributed by atoms with E-state index >= 15 is 0 Å². The van der Waals surface area contributed by atoms with Crippen LogP contribution in [-0.2, 0) is 9.59 Å². The van der Waals surface area contributed by atoms with Gasteiger partial charge >= 0.3 is 18.0 Å². The van der Waals surface area contributed by atoms with Crippen molar-refractivity contribution >= 4 is 18.0 Å². The SMILES string of the molecule is CN(CC1CC(O)C1)C(=O)N[C@H](CC(=O)O)C(=O)O. The predicted octanol–water partition coefficient (Wildman–Crippen LogP) is -0.673. The summed E-state index contributed by atoms with van der Waals surface area (Å²) in [5.41, 5.74) is 0. The van der Waals surface area contributed by atoms with Crippen LogP contribution in [0.2, 0.25) is 0 Å². The van der Waals surface area contributed by atoms with Crippen molar-refractivity contribution in [2.24, 2.45) is 5.92 Å². The predicted molar refractivity (Wildman–Crippen MR) is 63.6 cm³/mol. The van der Waals surface area contributed by atoms with Gasteiger partial charge in [0.25, 0.3) is 0 Å². The lowest BCUT2D eigenvalue weighted by molar-refractivity contribution is -0.145. The number of hydrogen-bond donors (Lipinski definition) is 4. The number of carbonyl (C=O) groups excluding carboxylic acids is 1. The van der Waals surface area contributed by atoms with Crippen LogP contribution in [0.25, 0.3) is 0 Å². The minimum absolute atomic E-state index is 0.202. The summed E-state index contributed by atoms with van der Waals surface area (Å²) in [6.07, 6.45) is 0.251. The lowest BCUT2D eigenvalue weighted by Crippen LogP contribution is -2.49. The minimum atomic E-state index is -1.44. The van der Waals surface area contributed by atoms with Crippen molar-refractivity contribution in [1.82, 2.24) is 10.2 Å². The minimum Gasteiger partial charge on any atom is -0.481 e. The molecule has 1 saturated carbocycles. The Morgan fingerprint density at radius 2 is 1.89 bits per heavy atom. The smallest absolute Gasteiger partial charge is 0.326 e. The zero-order valence-corrected chi connectivity index (χ0v) is 10.6. The fourth-order valence-electron chi connectivity index (χ4n) is 1.95. The number of carboxylic acids is 2. The van der Waals surface area contributed by atoms with Crippen molar-refractivity contribution in [2.45, 2.75) is 31.4 Å². The third kappa shape index (κ3) is 4.74. The molecule has 1 aliphatic carbocycles. The van der Waals surface area contributed by atoms with Gasteiger partial charge < -0.3 is 25.5 Å². The average molecular weight is 274 g/mol. The van der Waals surface area contributed by atoms with E-state index in [0.717, 1.165) is 0 Å². The Morgan fingerprint density at radius 1 is 1.32 bits per heavy atom. The second-order valence-corrected chi connectivity index (χ2v) is 4.81. The molecule has 0 aliphatic heterocycles. The van der Waals surface area contributed by atoms with E-state index in [4.69, 9.17) is 15.3 Å². The van der Waals surface area contributed by atoms with E-state index in [0.29, 0.717) is 19.4 Å². The van der Waals surface area contributed by atoms with Crippen LogP contribution in [0.4, 0.5) is 4.79 Å². The van der Waals surface area contributed by atoms with E-state index in [9.17, 15) is 14.4 Å². The highest BCUT2D eigenvalue weighted by atomic mass is 16.4. The van der Waals surface area contributed by atoms with Gasteiger partial charge in [-0.2, -0.15) is 0 Å². The number of nitrogens with zero attached hydrogens (tertiary/aromatic N) is 1. The van der Waals surface area contributed by atoms with Crippen molar-refractivity contribution in [2.75, 3.05) is 13.6 Å². The molecule has 0 radical (unpaired) electrons. The molecule has 0 aromatic carbocycles. The highest BCUT2D eigenvalue weighted by molar-refractivity contribution is 5.86. The zero-order chi connectivity index (χ0) is 14.6. The van der Waals surface area contributed by atoms with Crippen molar-refractivity contribution in [3.63, 3.8) is 0 Å². The van der Waals surface area contributed by atoms with Crippen LogP contribution >= 0.6 is 0 Å². The summed E-state index contributed by atoms with van der Waals surface area (Å²) in [5, 5.41) is 28.6. The molecule has 1 rings (SSSR count). The Kier molecular flexibility index (Phi) is 5.11. The van der Waals surface area contributed by atoms with E-state index in [-0.39, 0.29) is 12.0 Å². The third-order valence-corrected chi connectivity index (χ3v) is 3.06. The molecule has 8 nitrogen and oxygen atoms in total. The first-order valence-electron chi connectivity index (χ1n) is 5.94. The number of nitrogens with one attached hydrogen (secondary N) is 1. The maximum atomic E-state index is 11.7. The number of rotatable bonds is 6. The fourth-order valence-corrected chi connectivity index (χ4v) is 1.95. The van der Waals surface area contributed by atoms with Gasteiger partial charge in [-0.25, -0.2) is 9.59 Å². The lowest BCUT2D eigenvalue weighted by atomic mass is 9.82. The number of amides is 2. The molecule has 4 N–H and O–H groups in total. The van der Waals surface area contributed by atoms with E-state index in [1.165, 1.54) is 11.9 Å². The van der Waals surface area contributed by atoms with Crippen molar-refractivity contribution < 1.29 is 29.7 Å². The molecular weight excluding hydrogens is 256 g/mol. The number of urea groups is 1. The lowest BCUT2D eigenvalue weighted by Gasteiger charge is -2.34. The van der Waals surface area contributed by atoms with Gasteiger partial charge in [-0.05, 0) is 18.8 Å². The Morgan fingerprint density at radius 3 is 2.32 bits per heavy atom. The van der Waals surface area contributed by atoms with Gasteiger partial charge in [-0.15, -0.1) is 0 Å². The van der Waals surface area contributed by atoms with Crippen LogP contribution in [-0.4, -0.2) is 63.9 Å². The van der Waals surface area contributed by atoms with Gasteiger partial charge in [0.2, 0.25) is 0 Å². The zero-order valence-electron chi connectivity index (χ0n) is 10.6. The van der Waals surface area contributed by atoms with Gasteiger partial charge in [0.1, 0.15) is 6.04 Å². The molecule has 8 heteroatoms. The normalized spacial score (nSPS) is 23.1. The van der Waals surface area contributed by atoms with Gasteiger partial charge in [0.15, 0.2) is 0 Å². The first kappa shape index (κ1) is 15.2. The third-order valence-electron chi connectivity index (χ3n) is 3.06. The van der Waals surface area contributed by atoms with E-state index < -0.39 is 30.4 Å². The molecule has 0 saturated heterocycles. The monoisotopic (exact) mass is 274 g/mol. The van der Waals surface area contributed by atoms with Gasteiger partial charge in [0, 0.05) is 13.6 Å². The molecule has 1 aliphatic rings. The first-order chi connectivity index (χ1) is 8.79. The Balaban J connectivity index is 2.42. The molecule has 0 heterocycles. The summed E-state index contributed by atoms with van der Waals surface area (Å²) in [5.74, 6) is -2.48. The molecule has 108 valence electrons. The Bertz CT molecular complexity index is 366. The number of carbonyl (C=O) groups is 3. The summed E-state index contributed by atoms with van der Waals surface area (Å²) < 4.78 is 0. The van der Waals surface area contributed by atoms with E-state index in [2.05, 4.69) is 5.32 Å². The van der Waals surface area contributed by atoms with Crippen LogP contribution < -0.4 is 5.32 Å². The summed E-state index contributed by atoms with van der Waals surface area (Å²) in [6, 6.07) is -2.07. The number of aliphatic hydroxyl groups excluding tert-OH is 1. The summed E-state index contributed by atoms with van der Waals surface area (Å²) in [7, 11) is 1.50. The maximum absolute atomic E-state index is 11.7. The molecular formula is C11H18N2O6. The maximum Gasteiger partial charge on any atom is 0.326 e. The van der Waals surface area contributed by atoms with Crippen LogP contribution in [0, 0.1) is 5.92 Å². The van der Waals surface area contributed by atoms with Gasteiger partial charge in [-0.1, -0.05) is 0 Å². The van der Waals surface area contributed by atoms with Crippen molar-refractivity contribution in [3.05, 3.63) is 0 Å². The molecule has 0 aromatic heterocycles. The molecule has 0 bridgehead atoms. The van der Waals surface area contributed by atoms with Crippen LogP contribution in [0.1, 0.15) is 19.3 Å². The van der Waals surface area contributed by atoms with Gasteiger partial charge in [-0.3, -0.25) is 4.79 Å². The molecule has 0 aromatic rings. The molecule has 1 atom stereocenters. The standard InChI is InChI=1S/C11H18N2O6/c1-13(5-6-2-7(14)3-6)11(19)12-8(10(17)18)4-9(15)16/h6-8,14H,2-5H2,1H3,(H,12,19)(H,15,16)(H,17,18)/t6?,7?,8-/m1/s1. The summed E-state index contributed by atoms with van der Waals surface area (Å²) in [4.78, 5) is 34.3. The van der Waals surface area contributed by atoms with Gasteiger partial charge in [0.05, 0.1) is 12.5 Å². The molecule has 2 amide bonds. The fraction of sp³-hybridized carbons (Fsp3) is 0.727. The first-order valence-corrected chi connectivity index (χ1v) is 5.94. The molecule has 0 unspecified atom stereocenters. The van der Waals surface area contributed by atoms with E-state index in [1.54, 1.807) is 0 Å². The van der Waals surface area contributed by atoms with Crippen LogP contribution in [0.3, 0.4) is 0 Å². The largest absolute Gasteiger partial charge is 0.481 e. The highest BCUT2D eigenvalue weighted by Gasteiger charge is 2.30. The Hall–Kier alpha value is -1.83. The molecule has 1 fully saturated rings. The second-order valence-electron chi connectivity index (χ2n) is 4.81. The number of aliphatic hydroxyl groups is 1. The van der Waals surface area contributed by atoms with Crippen LogP contribution in [0.5, 0.6) is 0 Å².